The molecule has 0 aromatic heterocycles. The minimum absolute atomic E-state index is 0.192. The molecule has 5 nitrogen and oxygen atoms in total. The van der Waals surface area contributed by atoms with Gasteiger partial charge in [0, 0.05) is 0 Å². The fourth-order valence-corrected chi connectivity index (χ4v) is 2.04. The van der Waals surface area contributed by atoms with Gasteiger partial charge in [0.25, 0.3) is 0 Å². The number of hydrogen-bond donors (Lipinski definition) is 0. The number of benzene rings is 2. The Hall–Kier alpha value is -2.82. The van der Waals surface area contributed by atoms with E-state index in [1.54, 1.807) is 0 Å². The lowest BCUT2D eigenvalue weighted by Gasteiger charge is -2.09. The van der Waals surface area contributed by atoms with Crippen LogP contribution in [0.5, 0.6) is 11.5 Å². The molecule has 2 aromatic rings. The molecule has 120 valence electrons. The molecule has 0 fully saturated rings. The van der Waals surface area contributed by atoms with Crippen molar-refractivity contribution in [2.24, 2.45) is 0 Å². The van der Waals surface area contributed by atoms with Crippen molar-refractivity contribution in [1.29, 1.82) is 0 Å². The van der Waals surface area contributed by atoms with Crippen molar-refractivity contribution < 1.29 is 23.8 Å². The summed E-state index contributed by atoms with van der Waals surface area (Å²) in [6.45, 7) is 3.71. The summed E-state index contributed by atoms with van der Waals surface area (Å²) in [6.07, 6.45) is 0. The average molecular weight is 314 g/mol. The topological polar surface area (TPSA) is 61.8 Å². The minimum Gasteiger partial charge on any atom is -0.482 e. The summed E-state index contributed by atoms with van der Waals surface area (Å²) < 4.78 is 15.2. The van der Waals surface area contributed by atoms with E-state index in [2.05, 4.69) is 4.74 Å². The Labute approximate surface area is 134 Å². The fraction of sp³-hybridized carbons (Fsp3) is 0.222. The average Bonchev–Trinajstić information content (AvgIpc) is 2.54. The van der Waals surface area contributed by atoms with E-state index in [0.29, 0.717) is 17.1 Å². The Bertz CT molecular complexity index is 704. The predicted molar refractivity (Wildman–Crippen MR) is 84.8 cm³/mol. The summed E-state index contributed by atoms with van der Waals surface area (Å²) in [4.78, 5) is 23.1. The van der Waals surface area contributed by atoms with E-state index in [1.807, 2.05) is 32.0 Å². The van der Waals surface area contributed by atoms with Crippen LogP contribution in [0.1, 0.15) is 21.5 Å². The number of carbonyl (C=O) groups is 2. The van der Waals surface area contributed by atoms with Crippen molar-refractivity contribution in [3.63, 3.8) is 0 Å². The number of rotatable bonds is 5. The van der Waals surface area contributed by atoms with E-state index in [0.717, 1.165) is 11.1 Å². The molecule has 0 N–H and O–H groups in total. The molecule has 23 heavy (non-hydrogen) atoms. The largest absolute Gasteiger partial charge is 0.482 e. The zero-order valence-electron chi connectivity index (χ0n) is 13.3. The van der Waals surface area contributed by atoms with Gasteiger partial charge in [-0.05, 0) is 49.7 Å². The molecule has 0 spiro atoms. The van der Waals surface area contributed by atoms with Gasteiger partial charge in [-0.1, -0.05) is 17.7 Å². The first-order chi connectivity index (χ1) is 11.0. The lowest BCUT2D eigenvalue weighted by atomic mass is 10.1. The SMILES string of the molecule is COC(=O)c1ccc(OC(=O)COc2ccc(C)cc2C)cc1. The van der Waals surface area contributed by atoms with Crippen LogP contribution in [0.15, 0.2) is 42.5 Å². The highest BCUT2D eigenvalue weighted by Crippen LogP contribution is 2.19. The van der Waals surface area contributed by atoms with Gasteiger partial charge in [-0.3, -0.25) is 0 Å². The van der Waals surface area contributed by atoms with E-state index in [9.17, 15) is 9.59 Å². The monoisotopic (exact) mass is 314 g/mol. The van der Waals surface area contributed by atoms with Crippen LogP contribution in [-0.4, -0.2) is 25.7 Å². The van der Waals surface area contributed by atoms with Crippen LogP contribution in [0.3, 0.4) is 0 Å². The van der Waals surface area contributed by atoms with Gasteiger partial charge >= 0.3 is 11.9 Å². The van der Waals surface area contributed by atoms with Crippen LogP contribution in [0.2, 0.25) is 0 Å². The van der Waals surface area contributed by atoms with Crippen molar-refractivity contribution in [3.8, 4) is 11.5 Å². The van der Waals surface area contributed by atoms with Crippen molar-refractivity contribution >= 4 is 11.9 Å². The Kier molecular flexibility index (Phi) is 5.36. The highest BCUT2D eigenvalue weighted by atomic mass is 16.6. The second-order valence-corrected chi connectivity index (χ2v) is 5.05. The van der Waals surface area contributed by atoms with Crippen molar-refractivity contribution in [1.82, 2.24) is 0 Å². The minimum atomic E-state index is -0.518. The number of aryl methyl sites for hydroxylation is 2. The summed E-state index contributed by atoms with van der Waals surface area (Å²) in [5.41, 5.74) is 2.47. The maximum Gasteiger partial charge on any atom is 0.349 e. The molecule has 0 amide bonds. The number of hydrogen-bond acceptors (Lipinski definition) is 5. The van der Waals surface area contributed by atoms with Crippen LogP contribution in [0.4, 0.5) is 0 Å². The molecule has 0 unspecified atom stereocenters. The zero-order chi connectivity index (χ0) is 16.8. The van der Waals surface area contributed by atoms with Gasteiger partial charge in [-0.15, -0.1) is 0 Å². The van der Waals surface area contributed by atoms with E-state index in [-0.39, 0.29) is 6.61 Å². The lowest BCUT2D eigenvalue weighted by molar-refractivity contribution is -0.136. The Balaban J connectivity index is 1.90. The van der Waals surface area contributed by atoms with Gasteiger partial charge in [-0.2, -0.15) is 0 Å². The second-order valence-electron chi connectivity index (χ2n) is 5.05. The Morgan fingerprint density at radius 2 is 1.70 bits per heavy atom. The van der Waals surface area contributed by atoms with E-state index in [1.165, 1.54) is 31.4 Å². The van der Waals surface area contributed by atoms with Gasteiger partial charge in [0.15, 0.2) is 6.61 Å². The third-order valence-corrected chi connectivity index (χ3v) is 3.18. The molecule has 0 saturated carbocycles. The van der Waals surface area contributed by atoms with Crippen LogP contribution < -0.4 is 9.47 Å². The molecule has 2 rings (SSSR count). The summed E-state index contributed by atoms with van der Waals surface area (Å²) in [5, 5.41) is 0. The number of methoxy groups -OCH3 is 1. The summed E-state index contributed by atoms with van der Waals surface area (Å²) in [5.74, 6) is 0.0253. The predicted octanol–water partition coefficient (Wildman–Crippen LogP) is 3.07. The second kappa shape index (κ2) is 7.45. The first-order valence-corrected chi connectivity index (χ1v) is 7.08. The van der Waals surface area contributed by atoms with Gasteiger partial charge < -0.3 is 14.2 Å². The van der Waals surface area contributed by atoms with Crippen LogP contribution in [0, 0.1) is 13.8 Å². The number of esters is 2. The maximum atomic E-state index is 11.8. The molecule has 0 heterocycles. The van der Waals surface area contributed by atoms with Crippen molar-refractivity contribution in [2.45, 2.75) is 13.8 Å². The first kappa shape index (κ1) is 16.5. The van der Waals surface area contributed by atoms with Crippen molar-refractivity contribution in [2.75, 3.05) is 13.7 Å². The van der Waals surface area contributed by atoms with Crippen molar-refractivity contribution in [3.05, 3.63) is 59.2 Å². The molecule has 0 radical (unpaired) electrons. The summed E-state index contributed by atoms with van der Waals surface area (Å²) in [6, 6.07) is 11.8. The number of carbonyl (C=O) groups excluding carboxylic acids is 2. The third-order valence-electron chi connectivity index (χ3n) is 3.18. The molecule has 0 aliphatic rings. The molecule has 0 aliphatic carbocycles. The highest BCUT2D eigenvalue weighted by Gasteiger charge is 2.09. The van der Waals surface area contributed by atoms with E-state index >= 15 is 0 Å². The number of ether oxygens (including phenoxy) is 3. The highest BCUT2D eigenvalue weighted by molar-refractivity contribution is 5.89. The molecular weight excluding hydrogens is 296 g/mol. The smallest absolute Gasteiger partial charge is 0.349 e. The van der Waals surface area contributed by atoms with Crippen LogP contribution in [0.25, 0.3) is 0 Å². The van der Waals surface area contributed by atoms with Gasteiger partial charge in [0.05, 0.1) is 12.7 Å². The Morgan fingerprint density at radius 1 is 1.00 bits per heavy atom. The maximum absolute atomic E-state index is 11.8. The fourth-order valence-electron chi connectivity index (χ4n) is 2.04. The standard InChI is InChI=1S/C18H18O5/c1-12-4-9-16(13(2)10-12)22-11-17(19)23-15-7-5-14(6-8-15)18(20)21-3/h4-10H,11H2,1-3H3. The van der Waals surface area contributed by atoms with Gasteiger partial charge in [0.1, 0.15) is 11.5 Å². The molecule has 0 atom stereocenters. The first-order valence-electron chi connectivity index (χ1n) is 7.08. The normalized spacial score (nSPS) is 10.0. The van der Waals surface area contributed by atoms with Gasteiger partial charge in [-0.25, -0.2) is 9.59 Å². The van der Waals surface area contributed by atoms with E-state index in [4.69, 9.17) is 9.47 Å². The molecule has 0 aliphatic heterocycles. The molecule has 0 bridgehead atoms. The van der Waals surface area contributed by atoms with Crippen LogP contribution >= 0.6 is 0 Å². The summed E-state index contributed by atoms with van der Waals surface area (Å²) >= 11 is 0. The molecule has 2 aromatic carbocycles. The third kappa shape index (κ3) is 4.57. The molecule has 0 saturated heterocycles. The molecule has 5 heteroatoms. The van der Waals surface area contributed by atoms with Gasteiger partial charge in [0.2, 0.25) is 0 Å². The summed E-state index contributed by atoms with van der Waals surface area (Å²) in [7, 11) is 1.31. The molecular formula is C18H18O5. The zero-order valence-corrected chi connectivity index (χ0v) is 13.3. The quantitative estimate of drug-likeness (QED) is 0.627. The van der Waals surface area contributed by atoms with E-state index < -0.39 is 11.9 Å². The van der Waals surface area contributed by atoms with Crippen LogP contribution in [-0.2, 0) is 9.53 Å². The lowest BCUT2D eigenvalue weighted by Crippen LogP contribution is -2.18. The Morgan fingerprint density at radius 3 is 2.30 bits per heavy atom.